The molecule has 0 aliphatic heterocycles. The molecule has 0 radical (unpaired) electrons. The molecule has 0 saturated carbocycles. The van der Waals surface area contributed by atoms with Crippen molar-refractivity contribution in [1.29, 1.82) is 0 Å². The van der Waals surface area contributed by atoms with Crippen LogP contribution in [0.4, 0.5) is 0 Å². The summed E-state index contributed by atoms with van der Waals surface area (Å²) in [5.41, 5.74) is 3.11. The van der Waals surface area contributed by atoms with Crippen molar-refractivity contribution in [1.82, 2.24) is 15.3 Å². The first-order valence-corrected chi connectivity index (χ1v) is 6.66. The summed E-state index contributed by atoms with van der Waals surface area (Å²) in [6, 6.07) is 5.50. The van der Waals surface area contributed by atoms with E-state index in [2.05, 4.69) is 27.1 Å². The van der Waals surface area contributed by atoms with Gasteiger partial charge >= 0.3 is 0 Å². The molecule has 5 nitrogen and oxygen atoms in total. The number of hydrogen-bond donors (Lipinski definition) is 3. The van der Waals surface area contributed by atoms with Gasteiger partial charge in [0.2, 0.25) is 0 Å². The molecule has 2 rings (SSSR count). The maximum absolute atomic E-state index is 12.2. The van der Waals surface area contributed by atoms with Gasteiger partial charge in [0.05, 0.1) is 25.2 Å². The van der Waals surface area contributed by atoms with Crippen molar-refractivity contribution in [2.75, 3.05) is 6.61 Å². The van der Waals surface area contributed by atoms with Crippen LogP contribution in [0.2, 0.25) is 0 Å². The summed E-state index contributed by atoms with van der Waals surface area (Å²) in [4.78, 5) is 19.0. The van der Waals surface area contributed by atoms with Crippen LogP contribution in [0.15, 0.2) is 30.7 Å². The first-order valence-electron chi connectivity index (χ1n) is 6.66. The minimum absolute atomic E-state index is 0.0381. The zero-order valence-corrected chi connectivity index (χ0v) is 11.8. The Hall–Kier alpha value is -2.58. The van der Waals surface area contributed by atoms with Crippen LogP contribution in [0.5, 0.6) is 0 Å². The molecule has 2 aromatic rings. The Balaban J connectivity index is 2.09. The van der Waals surface area contributed by atoms with Crippen LogP contribution in [0.3, 0.4) is 0 Å². The number of nitrogens with one attached hydrogen (secondary N) is 2. The molecule has 0 spiro atoms. The first-order chi connectivity index (χ1) is 10.2. The number of aromatic nitrogens is 2. The highest BCUT2D eigenvalue weighted by Crippen LogP contribution is 2.11. The Labute approximate surface area is 123 Å². The molecule has 1 amide bonds. The van der Waals surface area contributed by atoms with Crippen molar-refractivity contribution in [2.45, 2.75) is 19.9 Å². The maximum atomic E-state index is 12.2. The Morgan fingerprint density at radius 2 is 2.33 bits per heavy atom. The number of H-pyrrole nitrogens is 1. The van der Waals surface area contributed by atoms with Gasteiger partial charge < -0.3 is 15.4 Å². The summed E-state index contributed by atoms with van der Waals surface area (Å²) in [6.07, 6.45) is 3.67. The van der Waals surface area contributed by atoms with Crippen LogP contribution in [-0.4, -0.2) is 27.6 Å². The van der Waals surface area contributed by atoms with Crippen molar-refractivity contribution in [3.8, 4) is 11.8 Å². The fourth-order valence-corrected chi connectivity index (χ4v) is 1.82. The van der Waals surface area contributed by atoms with Gasteiger partial charge in [0, 0.05) is 23.7 Å². The van der Waals surface area contributed by atoms with Gasteiger partial charge in [-0.05, 0) is 24.6 Å². The number of aryl methyl sites for hydroxylation is 1. The molecule has 0 aliphatic carbocycles. The minimum Gasteiger partial charge on any atom is -0.395 e. The standard InChI is InChI=1S/C16H17N3O2/c1-12-5-6-13(4-2-3-7-20)8-15(12)16(21)18-10-14-9-17-11-19-14/h5-6,8-9,11,20H,3,7,10H2,1H3,(H,17,19)(H,18,21). The van der Waals surface area contributed by atoms with E-state index >= 15 is 0 Å². The number of carbonyl (C=O) groups is 1. The number of carbonyl (C=O) groups excluding carboxylic acids is 1. The lowest BCUT2D eigenvalue weighted by molar-refractivity contribution is 0.0950. The highest BCUT2D eigenvalue weighted by molar-refractivity contribution is 5.95. The van der Waals surface area contributed by atoms with Gasteiger partial charge in [0.1, 0.15) is 0 Å². The van der Waals surface area contributed by atoms with Crippen molar-refractivity contribution in [3.63, 3.8) is 0 Å². The second-order valence-electron chi connectivity index (χ2n) is 4.56. The Morgan fingerprint density at radius 3 is 3.05 bits per heavy atom. The van der Waals surface area contributed by atoms with Crippen molar-refractivity contribution in [2.24, 2.45) is 0 Å². The van der Waals surface area contributed by atoms with Crippen molar-refractivity contribution >= 4 is 5.91 Å². The Kier molecular flexibility index (Phi) is 5.13. The van der Waals surface area contributed by atoms with Gasteiger partial charge in [0.15, 0.2) is 0 Å². The minimum atomic E-state index is -0.145. The summed E-state index contributed by atoms with van der Waals surface area (Å²) in [7, 11) is 0. The number of rotatable bonds is 4. The van der Waals surface area contributed by atoms with E-state index in [1.54, 1.807) is 18.6 Å². The highest BCUT2D eigenvalue weighted by atomic mass is 16.2. The first kappa shape index (κ1) is 14.8. The fourth-order valence-electron chi connectivity index (χ4n) is 1.82. The van der Waals surface area contributed by atoms with Gasteiger partial charge in [-0.2, -0.15) is 0 Å². The van der Waals surface area contributed by atoms with E-state index in [1.165, 1.54) is 0 Å². The monoisotopic (exact) mass is 283 g/mol. The summed E-state index contributed by atoms with van der Waals surface area (Å²) in [6.45, 7) is 2.32. The smallest absolute Gasteiger partial charge is 0.251 e. The van der Waals surface area contributed by atoms with Crippen LogP contribution >= 0.6 is 0 Å². The molecule has 0 aliphatic rings. The van der Waals surface area contributed by atoms with Crippen molar-refractivity contribution < 1.29 is 9.90 Å². The molecular weight excluding hydrogens is 266 g/mol. The highest BCUT2D eigenvalue weighted by Gasteiger charge is 2.09. The third-order valence-corrected chi connectivity index (χ3v) is 2.95. The van der Waals surface area contributed by atoms with Gasteiger partial charge in [-0.25, -0.2) is 4.98 Å². The lowest BCUT2D eigenvalue weighted by Gasteiger charge is -2.07. The zero-order chi connectivity index (χ0) is 15.1. The van der Waals surface area contributed by atoms with Gasteiger partial charge in [0.25, 0.3) is 5.91 Å². The molecule has 5 heteroatoms. The number of nitrogens with zero attached hydrogens (tertiary/aromatic N) is 1. The van der Waals surface area contributed by atoms with Crippen LogP contribution in [0.1, 0.15) is 33.6 Å². The number of imidazole rings is 1. The number of benzene rings is 1. The van der Waals surface area contributed by atoms with Crippen LogP contribution in [-0.2, 0) is 6.54 Å². The Morgan fingerprint density at radius 1 is 1.48 bits per heavy atom. The largest absolute Gasteiger partial charge is 0.395 e. The molecule has 1 aromatic heterocycles. The molecule has 1 heterocycles. The predicted molar refractivity (Wildman–Crippen MR) is 79.5 cm³/mol. The lowest BCUT2D eigenvalue weighted by atomic mass is 10.0. The number of aromatic amines is 1. The molecule has 21 heavy (non-hydrogen) atoms. The van der Waals surface area contributed by atoms with E-state index in [9.17, 15) is 4.79 Å². The average molecular weight is 283 g/mol. The zero-order valence-electron chi connectivity index (χ0n) is 11.8. The average Bonchev–Trinajstić information content (AvgIpc) is 3.00. The summed E-state index contributed by atoms with van der Waals surface area (Å²) >= 11 is 0. The third-order valence-electron chi connectivity index (χ3n) is 2.95. The molecule has 108 valence electrons. The van der Waals surface area contributed by atoms with E-state index in [1.807, 2.05) is 19.1 Å². The molecule has 0 atom stereocenters. The van der Waals surface area contributed by atoms with E-state index in [0.717, 1.165) is 16.8 Å². The lowest BCUT2D eigenvalue weighted by Crippen LogP contribution is -2.23. The van der Waals surface area contributed by atoms with E-state index < -0.39 is 0 Å². The van der Waals surface area contributed by atoms with Gasteiger partial charge in [-0.1, -0.05) is 17.9 Å². The predicted octanol–water partition coefficient (Wildman–Crippen LogP) is 1.38. The van der Waals surface area contributed by atoms with Gasteiger partial charge in [-0.15, -0.1) is 0 Å². The second-order valence-corrected chi connectivity index (χ2v) is 4.56. The topological polar surface area (TPSA) is 78.0 Å². The van der Waals surface area contributed by atoms with E-state index in [0.29, 0.717) is 18.5 Å². The fraction of sp³-hybridized carbons (Fsp3) is 0.250. The van der Waals surface area contributed by atoms with Gasteiger partial charge in [-0.3, -0.25) is 4.79 Å². The van der Waals surface area contributed by atoms with Crippen LogP contribution < -0.4 is 5.32 Å². The summed E-state index contributed by atoms with van der Waals surface area (Å²) < 4.78 is 0. The maximum Gasteiger partial charge on any atom is 0.251 e. The Bertz CT molecular complexity index is 667. The van der Waals surface area contributed by atoms with E-state index in [-0.39, 0.29) is 12.5 Å². The normalized spacial score (nSPS) is 9.81. The molecule has 0 unspecified atom stereocenters. The molecule has 0 saturated heterocycles. The summed E-state index contributed by atoms with van der Waals surface area (Å²) in [5, 5.41) is 11.6. The molecular formula is C16H17N3O2. The third kappa shape index (κ3) is 4.20. The number of aliphatic hydroxyl groups excluding tert-OH is 1. The number of hydrogen-bond acceptors (Lipinski definition) is 3. The van der Waals surface area contributed by atoms with Crippen LogP contribution in [0, 0.1) is 18.8 Å². The molecule has 0 fully saturated rings. The quantitative estimate of drug-likeness (QED) is 0.742. The van der Waals surface area contributed by atoms with Crippen molar-refractivity contribution in [3.05, 3.63) is 53.1 Å². The van der Waals surface area contributed by atoms with Crippen LogP contribution in [0.25, 0.3) is 0 Å². The molecule has 3 N–H and O–H groups in total. The summed E-state index contributed by atoms with van der Waals surface area (Å²) in [5.74, 6) is 5.63. The number of amides is 1. The molecule has 1 aromatic carbocycles. The SMILES string of the molecule is Cc1ccc(C#CCCO)cc1C(=O)NCc1cnc[nH]1. The second kappa shape index (κ2) is 7.27. The number of aliphatic hydroxyl groups is 1. The molecule has 0 bridgehead atoms. The van der Waals surface area contributed by atoms with E-state index in [4.69, 9.17) is 5.11 Å².